The van der Waals surface area contributed by atoms with Crippen LogP contribution in [0, 0.1) is 11.8 Å². The minimum absolute atomic E-state index is 0. The summed E-state index contributed by atoms with van der Waals surface area (Å²) in [6.45, 7) is 6.52. The molecule has 4 atom stereocenters. The molecule has 0 aromatic rings. The normalized spacial score (nSPS) is 38.4. The summed E-state index contributed by atoms with van der Waals surface area (Å²) in [4.78, 5) is 0. The monoisotopic (exact) mass is 326 g/mol. The van der Waals surface area contributed by atoms with Crippen LogP contribution < -0.4 is 10.6 Å². The van der Waals surface area contributed by atoms with Crippen LogP contribution in [0.15, 0.2) is 0 Å². The van der Waals surface area contributed by atoms with Crippen molar-refractivity contribution in [3.05, 3.63) is 0 Å². The van der Waals surface area contributed by atoms with E-state index in [1.807, 2.05) is 0 Å². The first kappa shape index (κ1) is 18.5. The van der Waals surface area contributed by atoms with Gasteiger partial charge in [0, 0.05) is 39.4 Å². The Morgan fingerprint density at radius 3 is 1.50 bits per heavy atom. The van der Waals surface area contributed by atoms with Crippen LogP contribution in [0.5, 0.6) is 0 Å². The molecule has 0 aromatic heterocycles. The number of hydrogen-bond donors (Lipinski definition) is 2. The van der Waals surface area contributed by atoms with Gasteiger partial charge < -0.3 is 20.1 Å². The number of rotatable bonds is 0. The summed E-state index contributed by atoms with van der Waals surface area (Å²) in [5.41, 5.74) is 0. The Labute approximate surface area is 134 Å². The molecule has 120 valence electrons. The molecule has 0 aromatic carbocycles. The Balaban J connectivity index is 0.000000182. The molecule has 4 fully saturated rings. The first-order valence-electron chi connectivity index (χ1n) is 7.58. The fraction of sp³-hybridized carbons (Fsp3) is 1.00. The maximum absolute atomic E-state index is 5.54. The lowest BCUT2D eigenvalue weighted by Gasteiger charge is -2.24. The molecule has 0 spiro atoms. The molecule has 4 aliphatic rings. The van der Waals surface area contributed by atoms with Gasteiger partial charge >= 0.3 is 0 Å². The second-order valence-corrected chi connectivity index (χ2v) is 5.94. The average Bonchev–Trinajstić information content (AvgIpc) is 3.08. The van der Waals surface area contributed by atoms with E-state index in [1.165, 1.54) is 38.8 Å². The van der Waals surface area contributed by atoms with Crippen molar-refractivity contribution in [1.82, 2.24) is 10.6 Å². The third kappa shape index (κ3) is 4.72. The number of halogens is 2. The fourth-order valence-electron chi connectivity index (χ4n) is 3.54. The third-order valence-electron chi connectivity index (χ3n) is 4.66. The van der Waals surface area contributed by atoms with Crippen LogP contribution >= 0.6 is 24.8 Å². The highest BCUT2D eigenvalue weighted by molar-refractivity contribution is 5.85. The lowest BCUT2D eigenvalue weighted by atomic mass is 9.98. The van der Waals surface area contributed by atoms with Gasteiger partial charge in [0.15, 0.2) is 0 Å². The Kier molecular flexibility index (Phi) is 8.72. The van der Waals surface area contributed by atoms with Crippen molar-refractivity contribution < 1.29 is 9.47 Å². The molecule has 6 heteroatoms. The standard InChI is InChI=1S/2C7H13NO.2ClH/c2*1-2-6-4-8-5-7(6)9-3-1;;/h2*6-8H,1-5H2;2*1H/t2*6-,7-;;/m10../s1. The highest BCUT2D eigenvalue weighted by Crippen LogP contribution is 2.23. The molecule has 4 heterocycles. The smallest absolute Gasteiger partial charge is 0.0739 e. The predicted molar refractivity (Wildman–Crippen MR) is 85.2 cm³/mol. The van der Waals surface area contributed by atoms with Crippen molar-refractivity contribution in [3.8, 4) is 0 Å². The third-order valence-corrected chi connectivity index (χ3v) is 4.66. The quantitative estimate of drug-likeness (QED) is 0.709. The molecule has 4 rings (SSSR count). The summed E-state index contributed by atoms with van der Waals surface area (Å²) < 4.78 is 11.1. The minimum atomic E-state index is 0. The van der Waals surface area contributed by atoms with Gasteiger partial charge in [-0.3, -0.25) is 0 Å². The van der Waals surface area contributed by atoms with E-state index in [-0.39, 0.29) is 24.8 Å². The number of hydrogen-bond acceptors (Lipinski definition) is 4. The van der Waals surface area contributed by atoms with Crippen molar-refractivity contribution >= 4 is 24.8 Å². The van der Waals surface area contributed by atoms with Crippen LogP contribution in [0.2, 0.25) is 0 Å². The first-order chi connectivity index (χ1) is 8.93. The van der Waals surface area contributed by atoms with Crippen LogP contribution in [-0.4, -0.2) is 51.6 Å². The Morgan fingerprint density at radius 1 is 0.650 bits per heavy atom. The molecule has 0 aliphatic carbocycles. The number of ether oxygens (including phenoxy) is 2. The van der Waals surface area contributed by atoms with Crippen LogP contribution in [0.3, 0.4) is 0 Å². The van der Waals surface area contributed by atoms with E-state index in [9.17, 15) is 0 Å². The Morgan fingerprint density at radius 2 is 1.10 bits per heavy atom. The maximum atomic E-state index is 5.54. The van der Waals surface area contributed by atoms with Gasteiger partial charge in [0.1, 0.15) is 0 Å². The van der Waals surface area contributed by atoms with Crippen molar-refractivity contribution in [2.24, 2.45) is 11.8 Å². The van der Waals surface area contributed by atoms with Gasteiger partial charge in [0.2, 0.25) is 0 Å². The first-order valence-corrected chi connectivity index (χ1v) is 7.58. The summed E-state index contributed by atoms with van der Waals surface area (Å²) in [5.74, 6) is 1.66. The Hall–Kier alpha value is 0.420. The van der Waals surface area contributed by atoms with Crippen molar-refractivity contribution in [1.29, 1.82) is 0 Å². The van der Waals surface area contributed by atoms with E-state index in [0.717, 1.165) is 38.1 Å². The second kappa shape index (κ2) is 9.44. The molecular weight excluding hydrogens is 299 g/mol. The molecule has 4 saturated heterocycles. The Bertz CT molecular complexity index is 222. The van der Waals surface area contributed by atoms with E-state index >= 15 is 0 Å². The van der Waals surface area contributed by atoms with Gasteiger partial charge in [0.25, 0.3) is 0 Å². The lowest BCUT2D eigenvalue weighted by Crippen LogP contribution is -2.27. The van der Waals surface area contributed by atoms with E-state index in [0.29, 0.717) is 12.2 Å². The van der Waals surface area contributed by atoms with Crippen LogP contribution in [0.25, 0.3) is 0 Å². The SMILES string of the molecule is C1CO[C@@H]2CNC[C@H]2C1.C1CO[C@H]2CNC[C@@H]2C1.Cl.Cl. The summed E-state index contributed by atoms with van der Waals surface area (Å²) in [7, 11) is 0. The van der Waals surface area contributed by atoms with Gasteiger partial charge in [-0.1, -0.05) is 0 Å². The second-order valence-electron chi connectivity index (χ2n) is 5.94. The molecule has 0 radical (unpaired) electrons. The van der Waals surface area contributed by atoms with Crippen LogP contribution in [0.1, 0.15) is 25.7 Å². The minimum Gasteiger partial charge on any atom is -0.377 e. The topological polar surface area (TPSA) is 42.5 Å². The summed E-state index contributed by atoms with van der Waals surface area (Å²) in [6, 6.07) is 0. The number of nitrogens with one attached hydrogen (secondary N) is 2. The molecule has 0 unspecified atom stereocenters. The van der Waals surface area contributed by atoms with Crippen LogP contribution in [-0.2, 0) is 9.47 Å². The molecule has 0 saturated carbocycles. The molecule has 2 N–H and O–H groups in total. The lowest BCUT2D eigenvalue weighted by molar-refractivity contribution is 0.000673. The van der Waals surface area contributed by atoms with E-state index in [2.05, 4.69) is 10.6 Å². The fourth-order valence-corrected chi connectivity index (χ4v) is 3.54. The largest absolute Gasteiger partial charge is 0.377 e. The molecule has 4 aliphatic heterocycles. The van der Waals surface area contributed by atoms with Gasteiger partial charge in [0.05, 0.1) is 12.2 Å². The highest BCUT2D eigenvalue weighted by Gasteiger charge is 2.30. The van der Waals surface area contributed by atoms with E-state index in [4.69, 9.17) is 9.47 Å². The van der Waals surface area contributed by atoms with Crippen molar-refractivity contribution in [2.45, 2.75) is 37.9 Å². The average molecular weight is 327 g/mol. The summed E-state index contributed by atoms with van der Waals surface area (Å²) in [5, 5.41) is 6.68. The van der Waals surface area contributed by atoms with Crippen molar-refractivity contribution in [3.63, 3.8) is 0 Å². The molecule has 20 heavy (non-hydrogen) atoms. The summed E-state index contributed by atoms with van der Waals surface area (Å²) >= 11 is 0. The van der Waals surface area contributed by atoms with E-state index in [1.54, 1.807) is 0 Å². The van der Waals surface area contributed by atoms with E-state index < -0.39 is 0 Å². The maximum Gasteiger partial charge on any atom is 0.0739 e. The zero-order valence-corrected chi connectivity index (χ0v) is 13.6. The number of fused-ring (bicyclic) bond motifs is 2. The zero-order chi connectivity index (χ0) is 12.2. The van der Waals surface area contributed by atoms with Crippen molar-refractivity contribution in [2.75, 3.05) is 39.4 Å². The molecule has 0 amide bonds. The molecule has 0 bridgehead atoms. The van der Waals surface area contributed by atoms with Gasteiger partial charge in [-0.05, 0) is 37.5 Å². The molecule has 4 nitrogen and oxygen atoms in total. The highest BCUT2D eigenvalue weighted by atomic mass is 35.5. The predicted octanol–water partition coefficient (Wildman–Crippen LogP) is 1.61. The van der Waals surface area contributed by atoms with Gasteiger partial charge in [-0.2, -0.15) is 0 Å². The van der Waals surface area contributed by atoms with Gasteiger partial charge in [-0.15, -0.1) is 24.8 Å². The zero-order valence-electron chi connectivity index (χ0n) is 12.0. The van der Waals surface area contributed by atoms with Gasteiger partial charge in [-0.25, -0.2) is 0 Å². The van der Waals surface area contributed by atoms with Crippen LogP contribution in [0.4, 0.5) is 0 Å². The summed E-state index contributed by atoms with van der Waals surface area (Å²) in [6.07, 6.45) is 6.39. The molecular formula is C14H28Cl2N2O2.